The lowest BCUT2D eigenvalue weighted by Crippen LogP contribution is -2.33. The van der Waals surface area contributed by atoms with Gasteiger partial charge in [0.1, 0.15) is 11.6 Å². The summed E-state index contributed by atoms with van der Waals surface area (Å²) in [5.74, 6) is 2.49. The summed E-state index contributed by atoms with van der Waals surface area (Å²) in [6, 6.07) is 0. The molecule has 0 aromatic carbocycles. The maximum atomic E-state index is 13.0. The number of aromatic nitrogens is 3. The van der Waals surface area contributed by atoms with Gasteiger partial charge in [0.15, 0.2) is 0 Å². The van der Waals surface area contributed by atoms with Gasteiger partial charge in [-0.05, 0) is 30.6 Å². The first-order valence-electron chi connectivity index (χ1n) is 7.68. The number of carbonyl (C=O) groups is 1. The van der Waals surface area contributed by atoms with E-state index in [1.54, 1.807) is 0 Å². The Kier molecular flexibility index (Phi) is 2.24. The van der Waals surface area contributed by atoms with Crippen molar-refractivity contribution in [1.29, 1.82) is 0 Å². The number of rotatable bonds is 1. The van der Waals surface area contributed by atoms with Crippen LogP contribution >= 0.6 is 0 Å². The second-order valence-corrected chi connectivity index (χ2v) is 7.35. The Morgan fingerprint density at radius 3 is 2.80 bits per heavy atom. The molecule has 2 saturated carbocycles. The monoisotopic (exact) mass is 274 g/mol. The maximum absolute atomic E-state index is 13.0. The Balaban J connectivity index is 1.81. The Labute approximate surface area is 119 Å². The number of hydrogen-bond donors (Lipinski definition) is 1. The fourth-order valence-electron chi connectivity index (χ4n) is 4.72. The van der Waals surface area contributed by atoms with E-state index in [0.717, 1.165) is 44.1 Å². The van der Waals surface area contributed by atoms with Crippen LogP contribution in [0.25, 0.3) is 0 Å². The van der Waals surface area contributed by atoms with Crippen molar-refractivity contribution in [1.82, 2.24) is 14.8 Å². The van der Waals surface area contributed by atoms with Crippen molar-refractivity contribution >= 4 is 11.7 Å². The van der Waals surface area contributed by atoms with Crippen LogP contribution in [0, 0.1) is 16.7 Å². The summed E-state index contributed by atoms with van der Waals surface area (Å²) in [6.07, 6.45) is 3.24. The topological polar surface area (TPSA) is 59.8 Å². The van der Waals surface area contributed by atoms with Crippen LogP contribution in [0.1, 0.15) is 51.8 Å². The zero-order valence-corrected chi connectivity index (χ0v) is 12.4. The second-order valence-electron chi connectivity index (χ2n) is 7.35. The molecule has 1 aromatic heterocycles. The number of nitrogens with zero attached hydrogens (tertiary/aromatic N) is 3. The van der Waals surface area contributed by atoms with Gasteiger partial charge >= 0.3 is 0 Å². The molecule has 0 saturated heterocycles. The number of anilines is 1. The highest BCUT2D eigenvalue weighted by Gasteiger charge is 2.67. The van der Waals surface area contributed by atoms with E-state index in [-0.39, 0.29) is 16.7 Å². The summed E-state index contributed by atoms with van der Waals surface area (Å²) in [6.45, 7) is 8.55. The van der Waals surface area contributed by atoms with Gasteiger partial charge in [-0.3, -0.25) is 9.36 Å². The molecule has 0 amide bonds. The summed E-state index contributed by atoms with van der Waals surface area (Å²) in [5, 5.41) is 11.9. The summed E-state index contributed by atoms with van der Waals surface area (Å²) in [4.78, 5) is 13.0. The highest BCUT2D eigenvalue weighted by atomic mass is 16.1. The predicted octanol–water partition coefficient (Wildman–Crippen LogP) is 2.20. The fraction of sp³-hybridized carbons (Fsp3) is 0.800. The molecule has 2 heterocycles. The van der Waals surface area contributed by atoms with Crippen LogP contribution in [0.3, 0.4) is 0 Å². The number of Topliss-reactive ketones (excluding diaryl/α,β-unsaturated/α-hetero) is 1. The number of fused-ring (bicyclic) bond motifs is 3. The molecule has 20 heavy (non-hydrogen) atoms. The van der Waals surface area contributed by atoms with E-state index in [2.05, 4.69) is 40.9 Å². The molecule has 108 valence electrons. The van der Waals surface area contributed by atoms with E-state index in [1.807, 2.05) is 0 Å². The molecule has 0 spiro atoms. The average Bonchev–Trinajstić information content (AvgIpc) is 2.98. The van der Waals surface area contributed by atoms with Crippen LogP contribution in [-0.4, -0.2) is 27.1 Å². The van der Waals surface area contributed by atoms with Gasteiger partial charge in [-0.15, -0.1) is 10.2 Å². The van der Waals surface area contributed by atoms with Gasteiger partial charge in [-0.25, -0.2) is 0 Å². The van der Waals surface area contributed by atoms with Crippen LogP contribution in [0.4, 0.5) is 5.95 Å². The highest BCUT2D eigenvalue weighted by Crippen LogP contribution is 2.67. The molecule has 2 aliphatic carbocycles. The molecule has 5 heteroatoms. The average molecular weight is 274 g/mol. The molecule has 0 radical (unpaired) electrons. The number of nitrogens with one attached hydrogen (secondary N) is 1. The van der Waals surface area contributed by atoms with E-state index in [9.17, 15) is 4.79 Å². The first kappa shape index (κ1) is 12.4. The molecule has 1 aliphatic heterocycles. The zero-order valence-electron chi connectivity index (χ0n) is 12.4. The smallest absolute Gasteiger partial charge is 0.224 e. The van der Waals surface area contributed by atoms with E-state index in [0.29, 0.717) is 11.7 Å². The summed E-state index contributed by atoms with van der Waals surface area (Å²) in [5.41, 5.74) is -0.111. The third-order valence-electron chi connectivity index (χ3n) is 6.43. The lowest BCUT2D eigenvalue weighted by atomic mass is 9.70. The van der Waals surface area contributed by atoms with Gasteiger partial charge in [-0.1, -0.05) is 20.8 Å². The normalized spacial score (nSPS) is 37.9. The van der Waals surface area contributed by atoms with Gasteiger partial charge < -0.3 is 5.32 Å². The van der Waals surface area contributed by atoms with Gasteiger partial charge in [-0.2, -0.15) is 0 Å². The SMILES string of the molecule is CC1(C)[C@@H]2CC[C@@]1(C)C(=O)[C@H]2c1nnc2n1CCCN2. The first-order chi connectivity index (χ1) is 9.47. The Bertz CT molecular complexity index is 591. The third kappa shape index (κ3) is 1.22. The molecular weight excluding hydrogens is 252 g/mol. The Hall–Kier alpha value is -1.39. The quantitative estimate of drug-likeness (QED) is 0.853. The first-order valence-corrected chi connectivity index (χ1v) is 7.68. The Morgan fingerprint density at radius 1 is 1.30 bits per heavy atom. The van der Waals surface area contributed by atoms with E-state index in [4.69, 9.17) is 0 Å². The lowest BCUT2D eigenvalue weighted by Gasteiger charge is -2.32. The van der Waals surface area contributed by atoms with Crippen molar-refractivity contribution in [3.63, 3.8) is 0 Å². The molecule has 4 rings (SSSR count). The van der Waals surface area contributed by atoms with Crippen molar-refractivity contribution in [2.75, 3.05) is 11.9 Å². The molecule has 2 bridgehead atoms. The molecule has 1 N–H and O–H groups in total. The predicted molar refractivity (Wildman–Crippen MR) is 75.5 cm³/mol. The summed E-state index contributed by atoms with van der Waals surface area (Å²) >= 11 is 0. The van der Waals surface area contributed by atoms with Crippen LogP contribution < -0.4 is 5.32 Å². The molecule has 3 atom stereocenters. The van der Waals surface area contributed by atoms with Crippen LogP contribution in [0.2, 0.25) is 0 Å². The van der Waals surface area contributed by atoms with Crippen molar-refractivity contribution in [2.24, 2.45) is 16.7 Å². The molecule has 2 fully saturated rings. The minimum Gasteiger partial charge on any atom is -0.354 e. The third-order valence-corrected chi connectivity index (χ3v) is 6.43. The molecule has 1 aromatic rings. The Morgan fingerprint density at radius 2 is 2.10 bits per heavy atom. The van der Waals surface area contributed by atoms with Crippen molar-refractivity contribution < 1.29 is 4.79 Å². The molecular formula is C15H22N4O. The van der Waals surface area contributed by atoms with Crippen molar-refractivity contribution in [3.05, 3.63) is 5.82 Å². The van der Waals surface area contributed by atoms with Crippen molar-refractivity contribution in [3.8, 4) is 0 Å². The number of hydrogen-bond acceptors (Lipinski definition) is 4. The summed E-state index contributed by atoms with van der Waals surface area (Å²) < 4.78 is 2.13. The summed E-state index contributed by atoms with van der Waals surface area (Å²) in [7, 11) is 0. The van der Waals surface area contributed by atoms with Gasteiger partial charge in [0, 0.05) is 18.5 Å². The van der Waals surface area contributed by atoms with Gasteiger partial charge in [0.05, 0.1) is 5.92 Å². The maximum Gasteiger partial charge on any atom is 0.224 e. The lowest BCUT2D eigenvalue weighted by molar-refractivity contribution is -0.129. The molecule has 5 nitrogen and oxygen atoms in total. The van der Waals surface area contributed by atoms with Crippen LogP contribution in [-0.2, 0) is 11.3 Å². The van der Waals surface area contributed by atoms with Crippen molar-refractivity contribution in [2.45, 2.75) is 52.5 Å². The second kappa shape index (κ2) is 3.62. The van der Waals surface area contributed by atoms with E-state index >= 15 is 0 Å². The minimum atomic E-state index is -0.184. The molecule has 3 aliphatic rings. The number of ketones is 1. The van der Waals surface area contributed by atoms with E-state index < -0.39 is 0 Å². The number of carbonyl (C=O) groups excluding carboxylic acids is 1. The van der Waals surface area contributed by atoms with Gasteiger partial charge in [0.2, 0.25) is 5.95 Å². The van der Waals surface area contributed by atoms with Gasteiger partial charge in [0.25, 0.3) is 0 Å². The largest absolute Gasteiger partial charge is 0.354 e. The van der Waals surface area contributed by atoms with Crippen LogP contribution in [0.5, 0.6) is 0 Å². The van der Waals surface area contributed by atoms with Crippen LogP contribution in [0.15, 0.2) is 0 Å². The molecule has 0 unspecified atom stereocenters. The highest BCUT2D eigenvalue weighted by molar-refractivity contribution is 5.95. The zero-order chi connectivity index (χ0) is 14.1. The minimum absolute atomic E-state index is 0.0510. The van der Waals surface area contributed by atoms with E-state index in [1.165, 1.54) is 0 Å². The fourth-order valence-corrected chi connectivity index (χ4v) is 4.72. The standard InChI is InChI=1S/C15H22N4O/c1-14(2)9-5-6-15(14,3)11(20)10(9)12-17-18-13-16-7-4-8-19(12)13/h9-10H,4-8H2,1-3H3,(H,16,18)/t9-,10+,15+/m1/s1.